The second-order valence-electron chi connectivity index (χ2n) is 6.94. The molecule has 5 nitrogen and oxygen atoms in total. The van der Waals surface area contributed by atoms with Gasteiger partial charge in [0, 0.05) is 29.6 Å². The van der Waals surface area contributed by atoms with Crippen molar-refractivity contribution in [1.82, 2.24) is 19.7 Å². The van der Waals surface area contributed by atoms with E-state index in [1.165, 1.54) is 30.3 Å². The Morgan fingerprint density at radius 1 is 1.04 bits per heavy atom. The molecule has 0 saturated heterocycles. The van der Waals surface area contributed by atoms with Gasteiger partial charge in [0.1, 0.15) is 11.6 Å². The summed E-state index contributed by atoms with van der Waals surface area (Å²) >= 11 is 1.39. The minimum atomic E-state index is -0.302. The predicted molar refractivity (Wildman–Crippen MR) is 107 cm³/mol. The van der Waals surface area contributed by atoms with E-state index in [2.05, 4.69) is 15.2 Å². The summed E-state index contributed by atoms with van der Waals surface area (Å²) < 4.78 is 15.3. The third-order valence-electron chi connectivity index (χ3n) is 5.06. The van der Waals surface area contributed by atoms with Crippen LogP contribution in [-0.4, -0.2) is 31.3 Å². The summed E-state index contributed by atoms with van der Waals surface area (Å²) in [5.41, 5.74) is 1.61. The predicted octanol–water partition coefficient (Wildman–Crippen LogP) is 4.71. The van der Waals surface area contributed by atoms with Crippen LogP contribution in [-0.2, 0) is 4.79 Å². The first-order valence-corrected chi connectivity index (χ1v) is 10.5. The second kappa shape index (κ2) is 8.65. The van der Waals surface area contributed by atoms with Crippen molar-refractivity contribution in [3.63, 3.8) is 0 Å². The van der Waals surface area contributed by atoms with Gasteiger partial charge in [0.25, 0.3) is 0 Å². The third-order valence-corrected chi connectivity index (χ3v) is 6.01. The molecule has 0 atom stereocenters. The van der Waals surface area contributed by atoms with Crippen LogP contribution in [0.3, 0.4) is 0 Å². The summed E-state index contributed by atoms with van der Waals surface area (Å²) in [7, 11) is 0. The van der Waals surface area contributed by atoms with Crippen LogP contribution in [0.15, 0.2) is 53.9 Å². The van der Waals surface area contributed by atoms with Gasteiger partial charge in [0.2, 0.25) is 0 Å². The molecule has 0 spiro atoms. The Kier molecular flexibility index (Phi) is 5.81. The highest BCUT2D eigenvalue weighted by molar-refractivity contribution is 7.99. The van der Waals surface area contributed by atoms with Gasteiger partial charge in [-0.15, -0.1) is 10.2 Å². The van der Waals surface area contributed by atoms with Crippen molar-refractivity contribution in [1.29, 1.82) is 0 Å². The molecule has 2 heterocycles. The van der Waals surface area contributed by atoms with Crippen LogP contribution in [0.1, 0.15) is 32.1 Å². The zero-order chi connectivity index (χ0) is 19.3. The zero-order valence-corrected chi connectivity index (χ0v) is 16.2. The smallest absolute Gasteiger partial charge is 0.196 e. The summed E-state index contributed by atoms with van der Waals surface area (Å²) in [5, 5.41) is 9.28. The van der Waals surface area contributed by atoms with E-state index in [0.29, 0.717) is 16.7 Å². The maximum Gasteiger partial charge on any atom is 0.196 e. The number of carbonyl (C=O) groups is 1. The number of hydrogen-bond donors (Lipinski definition) is 0. The lowest BCUT2D eigenvalue weighted by Gasteiger charge is -2.19. The minimum absolute atomic E-state index is 0.170. The van der Waals surface area contributed by atoms with E-state index in [9.17, 15) is 9.18 Å². The highest BCUT2D eigenvalue weighted by Gasteiger charge is 2.23. The number of nitrogens with zero attached hydrogens (tertiary/aromatic N) is 4. The van der Waals surface area contributed by atoms with Crippen LogP contribution in [0.5, 0.6) is 0 Å². The molecule has 0 radical (unpaired) electrons. The summed E-state index contributed by atoms with van der Waals surface area (Å²) in [6, 6.07) is 9.91. The molecule has 3 aromatic rings. The number of rotatable bonds is 6. The fraction of sp³-hybridized carbons (Fsp3) is 0.333. The van der Waals surface area contributed by atoms with Crippen molar-refractivity contribution in [3.05, 3.63) is 54.6 Å². The number of ketones is 1. The van der Waals surface area contributed by atoms with E-state index >= 15 is 0 Å². The monoisotopic (exact) mass is 396 g/mol. The molecule has 0 bridgehead atoms. The molecule has 1 aliphatic rings. The Bertz CT molecular complexity index is 937. The molecule has 1 fully saturated rings. The van der Waals surface area contributed by atoms with E-state index in [-0.39, 0.29) is 17.5 Å². The van der Waals surface area contributed by atoms with Crippen molar-refractivity contribution in [3.8, 4) is 17.1 Å². The fourth-order valence-electron chi connectivity index (χ4n) is 3.55. The number of Topliss-reactive ketones (excluding diaryl/α,β-unsaturated/α-hetero) is 1. The standard InChI is InChI=1S/C21H21FN4OS/c22-17-6-8-18(9-7-17)26-20(16-10-12-23-13-11-16)24-25-21(26)28-14-19(27)15-4-2-1-3-5-15/h6-13,15H,1-5,14H2. The average molecular weight is 396 g/mol. The topological polar surface area (TPSA) is 60.7 Å². The van der Waals surface area contributed by atoms with Gasteiger partial charge in [-0.3, -0.25) is 14.3 Å². The quantitative estimate of drug-likeness (QED) is 0.565. The molecule has 2 aromatic heterocycles. The van der Waals surface area contributed by atoms with Gasteiger partial charge in [0.15, 0.2) is 11.0 Å². The first-order chi connectivity index (χ1) is 13.7. The van der Waals surface area contributed by atoms with Crippen molar-refractivity contribution in [2.24, 2.45) is 5.92 Å². The molecule has 1 aliphatic carbocycles. The van der Waals surface area contributed by atoms with Crippen molar-refractivity contribution < 1.29 is 9.18 Å². The second-order valence-corrected chi connectivity index (χ2v) is 7.89. The van der Waals surface area contributed by atoms with Gasteiger partial charge in [-0.25, -0.2) is 4.39 Å². The molecule has 4 rings (SSSR count). The first kappa shape index (κ1) is 18.8. The number of benzene rings is 1. The van der Waals surface area contributed by atoms with Gasteiger partial charge in [-0.05, 0) is 49.2 Å². The number of halogens is 1. The Labute approximate surface area is 167 Å². The van der Waals surface area contributed by atoms with Crippen LogP contribution in [0.4, 0.5) is 4.39 Å². The zero-order valence-electron chi connectivity index (χ0n) is 15.4. The molecule has 1 saturated carbocycles. The highest BCUT2D eigenvalue weighted by Crippen LogP contribution is 2.30. The Morgan fingerprint density at radius 2 is 1.75 bits per heavy atom. The van der Waals surface area contributed by atoms with Gasteiger partial charge < -0.3 is 0 Å². The lowest BCUT2D eigenvalue weighted by molar-refractivity contribution is -0.121. The third kappa shape index (κ3) is 4.14. The molecule has 0 amide bonds. The molecule has 28 heavy (non-hydrogen) atoms. The lowest BCUT2D eigenvalue weighted by Crippen LogP contribution is -2.19. The van der Waals surface area contributed by atoms with Crippen LogP contribution in [0.2, 0.25) is 0 Å². The molecular weight excluding hydrogens is 375 g/mol. The number of pyridine rings is 1. The number of thioether (sulfide) groups is 1. The molecule has 7 heteroatoms. The van der Waals surface area contributed by atoms with Gasteiger partial charge in [-0.2, -0.15) is 0 Å². The van der Waals surface area contributed by atoms with E-state index in [4.69, 9.17) is 0 Å². The molecule has 0 aliphatic heterocycles. The maximum atomic E-state index is 13.4. The van der Waals surface area contributed by atoms with Crippen LogP contribution in [0.25, 0.3) is 17.1 Å². The Morgan fingerprint density at radius 3 is 2.46 bits per heavy atom. The van der Waals surface area contributed by atoms with Gasteiger partial charge >= 0.3 is 0 Å². The number of aromatic nitrogens is 4. The Hall–Kier alpha value is -2.54. The summed E-state index contributed by atoms with van der Waals surface area (Å²) in [4.78, 5) is 16.7. The molecule has 1 aromatic carbocycles. The van der Waals surface area contributed by atoms with Gasteiger partial charge in [-0.1, -0.05) is 31.0 Å². The summed E-state index contributed by atoms with van der Waals surface area (Å²) in [5.74, 6) is 1.16. The number of hydrogen-bond acceptors (Lipinski definition) is 5. The molecule has 0 unspecified atom stereocenters. The normalized spacial score (nSPS) is 14.9. The first-order valence-electron chi connectivity index (χ1n) is 9.49. The lowest BCUT2D eigenvalue weighted by atomic mass is 9.87. The van der Waals surface area contributed by atoms with Crippen molar-refractivity contribution >= 4 is 17.5 Å². The molecule has 144 valence electrons. The Balaban J connectivity index is 1.62. The van der Waals surface area contributed by atoms with Crippen LogP contribution >= 0.6 is 11.8 Å². The SMILES string of the molecule is O=C(CSc1nnc(-c2ccncc2)n1-c1ccc(F)cc1)C1CCCCC1. The van der Waals surface area contributed by atoms with Crippen LogP contribution in [0, 0.1) is 11.7 Å². The maximum absolute atomic E-state index is 13.4. The molecule has 0 N–H and O–H groups in total. The van der Waals surface area contributed by atoms with Gasteiger partial charge in [0.05, 0.1) is 5.75 Å². The van der Waals surface area contributed by atoms with Crippen LogP contribution < -0.4 is 0 Å². The fourth-order valence-corrected chi connectivity index (χ4v) is 4.48. The summed E-state index contributed by atoms with van der Waals surface area (Å²) in [6.45, 7) is 0. The van der Waals surface area contributed by atoms with E-state index in [1.54, 1.807) is 24.5 Å². The number of carbonyl (C=O) groups excluding carboxylic acids is 1. The average Bonchev–Trinajstić information content (AvgIpc) is 3.18. The molecular formula is C21H21FN4OS. The summed E-state index contributed by atoms with van der Waals surface area (Å²) in [6.07, 6.45) is 8.87. The largest absolute Gasteiger partial charge is 0.298 e. The van der Waals surface area contributed by atoms with E-state index in [1.807, 2.05) is 16.7 Å². The van der Waals surface area contributed by atoms with Crippen molar-refractivity contribution in [2.75, 3.05) is 5.75 Å². The van der Waals surface area contributed by atoms with Crippen molar-refractivity contribution in [2.45, 2.75) is 37.3 Å². The highest BCUT2D eigenvalue weighted by atomic mass is 32.2. The van der Waals surface area contributed by atoms with E-state index in [0.717, 1.165) is 36.9 Å². The minimum Gasteiger partial charge on any atom is -0.298 e. The van der Waals surface area contributed by atoms with E-state index < -0.39 is 0 Å².